The molecule has 0 radical (unpaired) electrons. The van der Waals surface area contributed by atoms with E-state index in [4.69, 9.17) is 4.74 Å². The maximum atomic E-state index is 13.1. The van der Waals surface area contributed by atoms with Gasteiger partial charge in [-0.1, -0.05) is 40.7 Å². The molecule has 2 rings (SSSR count). The first-order valence-electron chi connectivity index (χ1n) is 9.87. The van der Waals surface area contributed by atoms with Gasteiger partial charge in [0.25, 0.3) is 5.91 Å². The monoisotopic (exact) mass is 374 g/mol. The molecule has 5 heteroatoms. The van der Waals surface area contributed by atoms with Crippen molar-refractivity contribution in [2.24, 2.45) is 5.41 Å². The molecule has 0 saturated carbocycles. The third kappa shape index (κ3) is 5.72. The number of carbonyl (C=O) groups is 2. The van der Waals surface area contributed by atoms with Crippen molar-refractivity contribution >= 4 is 11.8 Å². The molecule has 0 atom stereocenters. The van der Waals surface area contributed by atoms with Crippen LogP contribution < -0.4 is 4.74 Å². The van der Waals surface area contributed by atoms with Crippen LogP contribution in [0.3, 0.4) is 0 Å². The molecule has 1 aromatic rings. The van der Waals surface area contributed by atoms with Gasteiger partial charge in [-0.15, -0.1) is 0 Å². The van der Waals surface area contributed by atoms with Crippen molar-refractivity contribution in [2.75, 3.05) is 33.3 Å². The lowest BCUT2D eigenvalue weighted by Gasteiger charge is -2.26. The average molecular weight is 375 g/mol. The average Bonchev–Trinajstić information content (AvgIpc) is 2.85. The van der Waals surface area contributed by atoms with Crippen LogP contribution in [0.5, 0.6) is 5.75 Å². The Labute approximate surface area is 163 Å². The Kier molecular flexibility index (Phi) is 6.90. The van der Waals surface area contributed by atoms with Crippen LogP contribution in [0.25, 0.3) is 0 Å². The van der Waals surface area contributed by atoms with Gasteiger partial charge in [-0.2, -0.15) is 0 Å². The normalized spacial score (nSPS) is 15.7. The van der Waals surface area contributed by atoms with E-state index in [-0.39, 0.29) is 17.2 Å². The van der Waals surface area contributed by atoms with E-state index in [1.165, 1.54) is 0 Å². The molecule has 27 heavy (non-hydrogen) atoms. The Morgan fingerprint density at radius 1 is 1.07 bits per heavy atom. The maximum Gasteiger partial charge on any atom is 0.257 e. The van der Waals surface area contributed by atoms with E-state index < -0.39 is 0 Å². The van der Waals surface area contributed by atoms with Crippen LogP contribution in [0.4, 0.5) is 0 Å². The number of hydrogen-bond donors (Lipinski definition) is 0. The molecule has 1 saturated heterocycles. The number of nitrogens with zero attached hydrogens (tertiary/aromatic N) is 2. The summed E-state index contributed by atoms with van der Waals surface area (Å²) in [6.07, 6.45) is 1.33. The third-order valence-corrected chi connectivity index (χ3v) is 4.94. The van der Waals surface area contributed by atoms with E-state index in [0.717, 1.165) is 12.0 Å². The zero-order valence-electron chi connectivity index (χ0n) is 17.7. The molecule has 0 aliphatic carbocycles. The van der Waals surface area contributed by atoms with Crippen molar-refractivity contribution in [1.82, 2.24) is 9.80 Å². The maximum absolute atomic E-state index is 13.1. The van der Waals surface area contributed by atoms with E-state index in [1.54, 1.807) is 7.11 Å². The molecule has 1 fully saturated rings. The van der Waals surface area contributed by atoms with Gasteiger partial charge < -0.3 is 14.5 Å². The van der Waals surface area contributed by atoms with Crippen LogP contribution in [0.2, 0.25) is 0 Å². The Balaban J connectivity index is 2.09. The summed E-state index contributed by atoms with van der Waals surface area (Å²) in [5, 5.41) is 0. The fourth-order valence-corrected chi connectivity index (χ4v) is 3.35. The number of amides is 2. The van der Waals surface area contributed by atoms with Gasteiger partial charge in [0, 0.05) is 32.6 Å². The zero-order valence-corrected chi connectivity index (χ0v) is 17.7. The highest BCUT2D eigenvalue weighted by molar-refractivity contribution is 5.97. The predicted octanol–water partition coefficient (Wildman–Crippen LogP) is 3.93. The van der Waals surface area contributed by atoms with Gasteiger partial charge in [0.15, 0.2) is 0 Å². The van der Waals surface area contributed by atoms with Crippen molar-refractivity contribution in [3.63, 3.8) is 0 Å². The summed E-state index contributed by atoms with van der Waals surface area (Å²) < 4.78 is 5.48. The van der Waals surface area contributed by atoms with E-state index in [9.17, 15) is 9.59 Å². The van der Waals surface area contributed by atoms with Crippen LogP contribution in [0, 0.1) is 5.41 Å². The van der Waals surface area contributed by atoms with Crippen molar-refractivity contribution < 1.29 is 14.3 Å². The lowest BCUT2D eigenvalue weighted by molar-refractivity contribution is -0.132. The molecule has 1 aliphatic rings. The van der Waals surface area contributed by atoms with Crippen LogP contribution in [0.1, 0.15) is 69.3 Å². The first-order chi connectivity index (χ1) is 12.6. The SMILES string of the molecule is COc1cc(C(C)C)ccc1C(=O)N1CCCN(C(=O)CC(C)(C)C)CC1. The molecule has 0 spiro atoms. The molecular weight excluding hydrogens is 340 g/mol. The predicted molar refractivity (Wildman–Crippen MR) is 108 cm³/mol. The van der Waals surface area contributed by atoms with Gasteiger partial charge >= 0.3 is 0 Å². The Bertz CT molecular complexity index is 677. The number of ether oxygens (including phenoxy) is 1. The highest BCUT2D eigenvalue weighted by Gasteiger charge is 2.26. The minimum atomic E-state index is -0.0234. The lowest BCUT2D eigenvalue weighted by Crippen LogP contribution is -2.38. The summed E-state index contributed by atoms with van der Waals surface area (Å²) in [5.74, 6) is 1.16. The molecule has 5 nitrogen and oxygen atoms in total. The number of carbonyl (C=O) groups excluding carboxylic acids is 2. The topological polar surface area (TPSA) is 49.9 Å². The highest BCUT2D eigenvalue weighted by atomic mass is 16.5. The van der Waals surface area contributed by atoms with Crippen LogP contribution in [-0.2, 0) is 4.79 Å². The first kappa shape index (κ1) is 21.3. The largest absolute Gasteiger partial charge is 0.496 e. The van der Waals surface area contributed by atoms with Gasteiger partial charge in [-0.25, -0.2) is 0 Å². The molecule has 1 heterocycles. The van der Waals surface area contributed by atoms with Crippen molar-refractivity contribution in [2.45, 2.75) is 53.4 Å². The Morgan fingerprint density at radius 3 is 2.30 bits per heavy atom. The van der Waals surface area contributed by atoms with E-state index in [0.29, 0.717) is 49.8 Å². The summed E-state index contributed by atoms with van der Waals surface area (Å²) in [7, 11) is 1.60. The molecular formula is C22H34N2O3. The second-order valence-corrected chi connectivity index (χ2v) is 8.88. The number of methoxy groups -OCH3 is 1. The van der Waals surface area contributed by atoms with Crippen LogP contribution in [0.15, 0.2) is 18.2 Å². The third-order valence-electron chi connectivity index (χ3n) is 4.94. The quantitative estimate of drug-likeness (QED) is 0.802. The summed E-state index contributed by atoms with van der Waals surface area (Å²) in [4.78, 5) is 29.3. The summed E-state index contributed by atoms with van der Waals surface area (Å²) >= 11 is 0. The number of hydrogen-bond acceptors (Lipinski definition) is 3. The Morgan fingerprint density at radius 2 is 1.70 bits per heavy atom. The molecule has 1 aromatic carbocycles. The lowest BCUT2D eigenvalue weighted by atomic mass is 9.91. The van der Waals surface area contributed by atoms with Crippen molar-refractivity contribution in [3.8, 4) is 5.75 Å². The Hall–Kier alpha value is -2.04. The van der Waals surface area contributed by atoms with Gasteiger partial charge in [0.1, 0.15) is 5.75 Å². The molecule has 0 N–H and O–H groups in total. The molecule has 0 aromatic heterocycles. The highest BCUT2D eigenvalue weighted by Crippen LogP contribution is 2.26. The van der Waals surface area contributed by atoms with Gasteiger partial charge in [0.2, 0.25) is 5.91 Å². The second kappa shape index (κ2) is 8.77. The molecule has 0 bridgehead atoms. The second-order valence-electron chi connectivity index (χ2n) is 8.88. The fraction of sp³-hybridized carbons (Fsp3) is 0.636. The van der Waals surface area contributed by atoms with Gasteiger partial charge in [-0.05, 0) is 35.4 Å². The van der Waals surface area contributed by atoms with Crippen LogP contribution >= 0.6 is 0 Å². The minimum absolute atomic E-state index is 0.0210. The van der Waals surface area contributed by atoms with Crippen molar-refractivity contribution in [1.29, 1.82) is 0 Å². The number of benzene rings is 1. The molecule has 150 valence electrons. The summed E-state index contributed by atoms with van der Waals surface area (Å²) in [5.41, 5.74) is 1.72. The molecule has 2 amide bonds. The summed E-state index contributed by atoms with van der Waals surface area (Å²) in [6.45, 7) is 13.0. The zero-order chi connectivity index (χ0) is 20.2. The smallest absolute Gasteiger partial charge is 0.257 e. The minimum Gasteiger partial charge on any atom is -0.496 e. The molecule has 1 aliphatic heterocycles. The van der Waals surface area contributed by atoms with Gasteiger partial charge in [-0.3, -0.25) is 9.59 Å². The van der Waals surface area contributed by atoms with Crippen molar-refractivity contribution in [3.05, 3.63) is 29.3 Å². The number of rotatable bonds is 4. The summed E-state index contributed by atoms with van der Waals surface area (Å²) in [6, 6.07) is 5.82. The van der Waals surface area contributed by atoms with E-state index >= 15 is 0 Å². The van der Waals surface area contributed by atoms with Crippen LogP contribution in [-0.4, -0.2) is 54.9 Å². The molecule has 0 unspecified atom stereocenters. The standard InChI is InChI=1S/C22H34N2O3/c1-16(2)17-8-9-18(19(14-17)27-6)21(26)24-11-7-10-23(12-13-24)20(25)15-22(3,4)5/h8-9,14,16H,7,10-13,15H2,1-6H3. The van der Waals surface area contributed by atoms with Gasteiger partial charge in [0.05, 0.1) is 12.7 Å². The first-order valence-corrected chi connectivity index (χ1v) is 9.87. The van der Waals surface area contributed by atoms with E-state index in [1.807, 2.05) is 28.0 Å². The fourth-order valence-electron chi connectivity index (χ4n) is 3.35. The van der Waals surface area contributed by atoms with E-state index in [2.05, 4.69) is 34.6 Å².